The van der Waals surface area contributed by atoms with Crippen LogP contribution < -0.4 is 4.90 Å². The average molecular weight is 345 g/mol. The van der Waals surface area contributed by atoms with Crippen LogP contribution in [0.2, 0.25) is 5.02 Å². The number of nitrogens with zero attached hydrogens (tertiary/aromatic N) is 1. The van der Waals surface area contributed by atoms with E-state index in [0.717, 1.165) is 17.3 Å². The molecule has 1 heterocycles. The highest BCUT2D eigenvalue weighted by molar-refractivity contribution is 8.19. The van der Waals surface area contributed by atoms with E-state index in [2.05, 4.69) is 0 Å². The molecule has 4 nitrogen and oxygen atoms in total. The normalized spacial score (nSPS) is 16.4. The third kappa shape index (κ3) is 2.98. The topological polar surface area (TPSA) is 64.4 Å². The third-order valence-corrected chi connectivity index (χ3v) is 4.64. The molecule has 0 saturated carbocycles. The maximum atomic E-state index is 12.6. The molecule has 0 spiro atoms. The van der Waals surface area contributed by atoms with Gasteiger partial charge in [-0.3, -0.25) is 15.1 Å². The molecule has 1 fully saturated rings. The van der Waals surface area contributed by atoms with Gasteiger partial charge in [0, 0.05) is 0 Å². The van der Waals surface area contributed by atoms with E-state index in [1.165, 1.54) is 11.0 Å². The fraction of sp³-hybridized carbons (Fsp3) is 0.0588. The Balaban J connectivity index is 1.96. The van der Waals surface area contributed by atoms with Crippen LogP contribution >= 0.6 is 23.4 Å². The van der Waals surface area contributed by atoms with E-state index < -0.39 is 0 Å². The number of halogens is 1. The number of rotatable bonds is 2. The molecule has 0 unspecified atom stereocenters. The Labute approximate surface area is 142 Å². The number of phenols is 1. The lowest BCUT2D eigenvalue weighted by Gasteiger charge is -2.16. The highest BCUT2D eigenvalue weighted by atomic mass is 35.5. The van der Waals surface area contributed by atoms with Crippen molar-refractivity contribution in [3.8, 4) is 5.75 Å². The number of nitrogens with one attached hydrogen (secondary N) is 1. The second kappa shape index (κ2) is 6.10. The molecule has 6 heteroatoms. The first-order valence-electron chi connectivity index (χ1n) is 6.84. The van der Waals surface area contributed by atoms with E-state index in [1.807, 2.05) is 31.2 Å². The number of hydrogen-bond donors (Lipinski definition) is 2. The van der Waals surface area contributed by atoms with E-state index in [1.54, 1.807) is 18.2 Å². The fourth-order valence-electron chi connectivity index (χ4n) is 2.28. The number of phenolic OH excluding ortho intramolecular Hbond substituents is 1. The Kier molecular flexibility index (Phi) is 4.15. The summed E-state index contributed by atoms with van der Waals surface area (Å²) in [5, 5.41) is 17.9. The van der Waals surface area contributed by atoms with Gasteiger partial charge in [-0.25, -0.2) is 0 Å². The van der Waals surface area contributed by atoms with Gasteiger partial charge in [0.1, 0.15) is 5.75 Å². The van der Waals surface area contributed by atoms with Gasteiger partial charge < -0.3 is 5.11 Å². The van der Waals surface area contributed by atoms with E-state index in [4.69, 9.17) is 17.0 Å². The van der Waals surface area contributed by atoms with Crippen molar-refractivity contribution in [3.05, 3.63) is 63.5 Å². The Morgan fingerprint density at radius 2 is 2.00 bits per heavy atom. The summed E-state index contributed by atoms with van der Waals surface area (Å²) in [5.74, 6) is -0.244. The minimum Gasteiger partial charge on any atom is -0.506 e. The summed E-state index contributed by atoms with van der Waals surface area (Å²) in [6.07, 6.45) is 1.67. The number of benzene rings is 2. The van der Waals surface area contributed by atoms with E-state index in [0.29, 0.717) is 16.2 Å². The summed E-state index contributed by atoms with van der Waals surface area (Å²) >= 11 is 6.99. The number of anilines is 1. The molecule has 3 rings (SSSR count). The second-order valence-corrected chi connectivity index (χ2v) is 6.49. The van der Waals surface area contributed by atoms with Crippen LogP contribution in [0.4, 0.5) is 5.69 Å². The largest absolute Gasteiger partial charge is 0.506 e. The minimum absolute atomic E-state index is 0.00602. The number of aryl methyl sites for hydroxylation is 1. The number of aromatic hydroxyl groups is 1. The molecule has 2 aromatic carbocycles. The van der Waals surface area contributed by atoms with E-state index in [-0.39, 0.29) is 21.8 Å². The Morgan fingerprint density at radius 3 is 2.70 bits per heavy atom. The predicted octanol–water partition coefficient (Wildman–Crippen LogP) is 4.41. The van der Waals surface area contributed by atoms with Gasteiger partial charge in [-0.05, 0) is 54.1 Å². The molecule has 0 radical (unpaired) electrons. The first kappa shape index (κ1) is 15.6. The van der Waals surface area contributed by atoms with Crippen molar-refractivity contribution < 1.29 is 9.90 Å². The molecule has 1 aliphatic rings. The number of amides is 1. The predicted molar refractivity (Wildman–Crippen MR) is 95.1 cm³/mol. The van der Waals surface area contributed by atoms with Crippen LogP contribution in [-0.2, 0) is 4.79 Å². The summed E-state index contributed by atoms with van der Waals surface area (Å²) in [4.78, 5) is 14.5. The zero-order chi connectivity index (χ0) is 16.6. The van der Waals surface area contributed by atoms with Crippen molar-refractivity contribution in [2.75, 3.05) is 4.90 Å². The Hall–Kier alpha value is -2.24. The van der Waals surface area contributed by atoms with Crippen molar-refractivity contribution in [1.29, 1.82) is 5.41 Å². The van der Waals surface area contributed by atoms with Crippen LogP contribution in [-0.4, -0.2) is 16.2 Å². The molecule has 2 N–H and O–H groups in total. The van der Waals surface area contributed by atoms with E-state index >= 15 is 0 Å². The van der Waals surface area contributed by atoms with Crippen molar-refractivity contribution >= 4 is 46.2 Å². The van der Waals surface area contributed by atoms with Crippen molar-refractivity contribution in [1.82, 2.24) is 0 Å². The molecule has 1 saturated heterocycles. The van der Waals surface area contributed by atoms with Crippen LogP contribution in [0.1, 0.15) is 11.1 Å². The molecule has 1 aliphatic heterocycles. The summed E-state index contributed by atoms with van der Waals surface area (Å²) in [7, 11) is 0. The fourth-order valence-corrected chi connectivity index (χ4v) is 3.33. The highest BCUT2D eigenvalue weighted by Crippen LogP contribution is 2.37. The standard InChI is InChI=1S/C17H13ClN2O2S/c1-10-4-2-3-5-13(10)20-16(22)15(23-17(20)19)9-11-6-7-14(21)12(18)8-11/h2-9,19,21H,1H3/b15-9-,19-17?. The van der Waals surface area contributed by atoms with Gasteiger partial charge in [0.2, 0.25) is 0 Å². The summed E-state index contributed by atoms with van der Waals surface area (Å²) in [6, 6.07) is 12.2. The van der Waals surface area contributed by atoms with Gasteiger partial charge in [0.15, 0.2) is 5.17 Å². The smallest absolute Gasteiger partial charge is 0.271 e. The molecule has 2 aromatic rings. The number of hydrogen-bond acceptors (Lipinski definition) is 4. The lowest BCUT2D eigenvalue weighted by atomic mass is 10.1. The van der Waals surface area contributed by atoms with Crippen LogP contribution in [0.5, 0.6) is 5.75 Å². The Morgan fingerprint density at radius 1 is 1.26 bits per heavy atom. The quantitative estimate of drug-likeness (QED) is 0.793. The maximum Gasteiger partial charge on any atom is 0.271 e. The molecule has 0 bridgehead atoms. The van der Waals surface area contributed by atoms with Crippen LogP contribution in [0.3, 0.4) is 0 Å². The zero-order valence-electron chi connectivity index (χ0n) is 12.2. The summed E-state index contributed by atoms with van der Waals surface area (Å²) < 4.78 is 0. The molecule has 1 amide bonds. The maximum absolute atomic E-state index is 12.6. The molecule has 116 valence electrons. The van der Waals surface area contributed by atoms with Gasteiger partial charge in [-0.15, -0.1) is 0 Å². The molecule has 0 atom stereocenters. The van der Waals surface area contributed by atoms with Gasteiger partial charge in [0.25, 0.3) is 5.91 Å². The minimum atomic E-state index is -0.238. The number of carbonyl (C=O) groups is 1. The lowest BCUT2D eigenvalue weighted by molar-refractivity contribution is -0.113. The molecular weight excluding hydrogens is 332 g/mol. The molecule has 0 aromatic heterocycles. The van der Waals surface area contributed by atoms with Crippen molar-refractivity contribution in [2.24, 2.45) is 0 Å². The lowest BCUT2D eigenvalue weighted by Crippen LogP contribution is -2.28. The molecule has 0 aliphatic carbocycles. The Bertz CT molecular complexity index is 848. The monoisotopic (exact) mass is 344 g/mol. The van der Waals surface area contributed by atoms with Gasteiger partial charge in [-0.2, -0.15) is 0 Å². The number of thioether (sulfide) groups is 1. The summed E-state index contributed by atoms with van der Waals surface area (Å²) in [5.41, 5.74) is 2.34. The number of amidine groups is 1. The van der Waals surface area contributed by atoms with E-state index in [9.17, 15) is 9.90 Å². The molecular formula is C17H13ClN2O2S. The van der Waals surface area contributed by atoms with Gasteiger partial charge in [-0.1, -0.05) is 35.9 Å². The highest BCUT2D eigenvalue weighted by Gasteiger charge is 2.34. The average Bonchev–Trinajstić information content (AvgIpc) is 2.78. The van der Waals surface area contributed by atoms with Crippen LogP contribution in [0, 0.1) is 12.3 Å². The zero-order valence-corrected chi connectivity index (χ0v) is 13.8. The van der Waals surface area contributed by atoms with Crippen molar-refractivity contribution in [3.63, 3.8) is 0 Å². The van der Waals surface area contributed by atoms with Crippen LogP contribution in [0.15, 0.2) is 47.4 Å². The second-order valence-electron chi connectivity index (χ2n) is 5.05. The van der Waals surface area contributed by atoms with Crippen molar-refractivity contribution in [2.45, 2.75) is 6.92 Å². The first-order chi connectivity index (χ1) is 11.0. The third-order valence-electron chi connectivity index (χ3n) is 3.45. The van der Waals surface area contributed by atoms with Gasteiger partial charge >= 0.3 is 0 Å². The van der Waals surface area contributed by atoms with Gasteiger partial charge in [0.05, 0.1) is 15.6 Å². The van der Waals surface area contributed by atoms with Crippen LogP contribution in [0.25, 0.3) is 6.08 Å². The first-order valence-corrected chi connectivity index (χ1v) is 8.03. The number of carbonyl (C=O) groups excluding carboxylic acids is 1. The SMILES string of the molecule is Cc1ccccc1N1C(=N)S/C(=C\c2ccc(O)c(Cl)c2)C1=O. The molecule has 23 heavy (non-hydrogen) atoms. The number of para-hydroxylation sites is 1. The summed E-state index contributed by atoms with van der Waals surface area (Å²) in [6.45, 7) is 1.90.